The standard InChI is InChI=1S/C17H25N3O2S2/c1-13-6-11-17(23-13)24(21,22)18-12-16(20(4)5)14-7-9-15(10-8-14)19(2)3/h6-11,16,18H,12H2,1-5H3/p+1/t16-/m1/s1. The summed E-state index contributed by atoms with van der Waals surface area (Å²) in [6.45, 7) is 2.27. The van der Waals surface area contributed by atoms with Crippen LogP contribution in [0.1, 0.15) is 16.5 Å². The predicted molar refractivity (Wildman–Crippen MR) is 101 cm³/mol. The fraction of sp³-hybridized carbons (Fsp3) is 0.412. The molecule has 0 aliphatic heterocycles. The Morgan fingerprint density at radius 2 is 1.75 bits per heavy atom. The van der Waals surface area contributed by atoms with Gasteiger partial charge in [-0.05, 0) is 31.2 Å². The highest BCUT2D eigenvalue weighted by Gasteiger charge is 2.23. The van der Waals surface area contributed by atoms with Crippen LogP contribution in [0.5, 0.6) is 0 Å². The van der Waals surface area contributed by atoms with E-state index in [1.165, 1.54) is 16.2 Å². The van der Waals surface area contributed by atoms with E-state index in [0.29, 0.717) is 10.8 Å². The van der Waals surface area contributed by atoms with Crippen molar-refractivity contribution in [2.24, 2.45) is 0 Å². The molecule has 2 N–H and O–H groups in total. The molecule has 0 bridgehead atoms. The first-order valence-electron chi connectivity index (χ1n) is 7.84. The summed E-state index contributed by atoms with van der Waals surface area (Å²) in [6, 6.07) is 11.8. The summed E-state index contributed by atoms with van der Waals surface area (Å²) in [5.74, 6) is 0. The first-order chi connectivity index (χ1) is 11.2. The summed E-state index contributed by atoms with van der Waals surface area (Å²) in [6.07, 6.45) is 0. The van der Waals surface area contributed by atoms with Gasteiger partial charge in [-0.15, -0.1) is 11.3 Å². The molecule has 1 aromatic heterocycles. The first kappa shape index (κ1) is 18.9. The largest absolute Gasteiger partial charge is 0.378 e. The molecule has 1 atom stereocenters. The molecule has 0 spiro atoms. The molecule has 5 nitrogen and oxygen atoms in total. The van der Waals surface area contributed by atoms with Crippen molar-refractivity contribution < 1.29 is 13.3 Å². The van der Waals surface area contributed by atoms with Crippen LogP contribution in [0.4, 0.5) is 5.69 Å². The van der Waals surface area contributed by atoms with Crippen molar-refractivity contribution in [1.82, 2.24) is 4.72 Å². The maximum atomic E-state index is 12.4. The zero-order valence-electron chi connectivity index (χ0n) is 14.8. The Morgan fingerprint density at radius 3 is 2.21 bits per heavy atom. The summed E-state index contributed by atoms with van der Waals surface area (Å²) in [7, 11) is 4.62. The number of hydrogen-bond acceptors (Lipinski definition) is 4. The van der Waals surface area contributed by atoms with Gasteiger partial charge in [0.05, 0.1) is 20.6 Å². The number of benzene rings is 1. The number of likely N-dealkylation sites (N-methyl/N-ethyl adjacent to an activating group) is 1. The number of sulfonamides is 1. The number of nitrogens with zero attached hydrogens (tertiary/aromatic N) is 1. The van der Waals surface area contributed by atoms with Gasteiger partial charge < -0.3 is 9.80 Å². The number of thiophene rings is 1. The minimum Gasteiger partial charge on any atom is -0.378 e. The van der Waals surface area contributed by atoms with Gasteiger partial charge in [-0.25, -0.2) is 13.1 Å². The zero-order chi connectivity index (χ0) is 17.9. The molecule has 132 valence electrons. The molecule has 2 aromatic rings. The lowest BCUT2D eigenvalue weighted by Crippen LogP contribution is -3.07. The molecule has 0 radical (unpaired) electrons. The van der Waals surface area contributed by atoms with Crippen LogP contribution < -0.4 is 14.5 Å². The Morgan fingerprint density at radius 1 is 1.12 bits per heavy atom. The first-order valence-corrected chi connectivity index (χ1v) is 10.1. The predicted octanol–water partition coefficient (Wildman–Crippen LogP) is 1.29. The molecule has 0 unspecified atom stereocenters. The molecule has 1 heterocycles. The van der Waals surface area contributed by atoms with Gasteiger partial charge in [0, 0.05) is 30.2 Å². The van der Waals surface area contributed by atoms with Crippen molar-refractivity contribution in [2.75, 3.05) is 39.6 Å². The lowest BCUT2D eigenvalue weighted by Gasteiger charge is -2.23. The van der Waals surface area contributed by atoms with Gasteiger partial charge in [0.2, 0.25) is 10.0 Å². The highest BCUT2D eigenvalue weighted by molar-refractivity contribution is 7.91. The van der Waals surface area contributed by atoms with Crippen LogP contribution in [0, 0.1) is 6.92 Å². The molecule has 0 fully saturated rings. The lowest BCUT2D eigenvalue weighted by molar-refractivity contribution is -0.890. The van der Waals surface area contributed by atoms with Gasteiger partial charge in [-0.2, -0.15) is 0 Å². The van der Waals surface area contributed by atoms with E-state index in [9.17, 15) is 8.42 Å². The average molecular weight is 369 g/mol. The molecular formula is C17H26N3O2S2+. The Kier molecular flexibility index (Phi) is 6.03. The normalized spacial score (nSPS) is 13.2. The minimum atomic E-state index is -3.45. The van der Waals surface area contributed by atoms with Crippen LogP contribution in [-0.2, 0) is 10.0 Å². The van der Waals surface area contributed by atoms with E-state index in [1.54, 1.807) is 6.07 Å². The zero-order valence-corrected chi connectivity index (χ0v) is 16.5. The highest BCUT2D eigenvalue weighted by Crippen LogP contribution is 2.21. The third-order valence-corrected chi connectivity index (χ3v) is 6.88. The highest BCUT2D eigenvalue weighted by atomic mass is 32.2. The van der Waals surface area contributed by atoms with Crippen LogP contribution in [0.3, 0.4) is 0 Å². The summed E-state index contributed by atoms with van der Waals surface area (Å²) < 4.78 is 28.0. The van der Waals surface area contributed by atoms with Crippen molar-refractivity contribution in [3.8, 4) is 0 Å². The molecule has 0 saturated heterocycles. The van der Waals surface area contributed by atoms with E-state index in [1.807, 2.05) is 46.1 Å². The summed E-state index contributed by atoms with van der Waals surface area (Å²) in [5, 5.41) is 0. The topological polar surface area (TPSA) is 53.9 Å². The van der Waals surface area contributed by atoms with Crippen molar-refractivity contribution in [1.29, 1.82) is 0 Å². The maximum Gasteiger partial charge on any atom is 0.250 e. The Labute approximate surface area is 149 Å². The van der Waals surface area contributed by atoms with E-state index < -0.39 is 10.0 Å². The van der Waals surface area contributed by atoms with E-state index in [2.05, 4.69) is 29.0 Å². The number of aryl methyl sites for hydroxylation is 1. The van der Waals surface area contributed by atoms with Crippen molar-refractivity contribution >= 4 is 27.0 Å². The third kappa shape index (κ3) is 4.57. The van der Waals surface area contributed by atoms with Gasteiger partial charge in [-0.1, -0.05) is 12.1 Å². The molecular weight excluding hydrogens is 342 g/mol. The quantitative estimate of drug-likeness (QED) is 0.774. The monoisotopic (exact) mass is 368 g/mol. The third-order valence-electron chi connectivity index (χ3n) is 3.97. The Hall–Kier alpha value is -1.41. The molecule has 2 rings (SSSR count). The Balaban J connectivity index is 2.14. The van der Waals surface area contributed by atoms with Crippen LogP contribution in [0.15, 0.2) is 40.6 Å². The Bertz CT molecular complexity index is 765. The van der Waals surface area contributed by atoms with Crippen LogP contribution in [-0.4, -0.2) is 43.2 Å². The smallest absolute Gasteiger partial charge is 0.250 e. The fourth-order valence-corrected chi connectivity index (χ4v) is 4.86. The molecule has 7 heteroatoms. The molecule has 0 aliphatic carbocycles. The van der Waals surface area contributed by atoms with Gasteiger partial charge >= 0.3 is 0 Å². The number of nitrogens with one attached hydrogen (secondary N) is 2. The second-order valence-electron chi connectivity index (χ2n) is 6.33. The van der Waals surface area contributed by atoms with E-state index in [0.717, 1.165) is 16.1 Å². The molecule has 0 aliphatic rings. The SMILES string of the molecule is Cc1ccc(S(=O)(=O)NC[C@H](c2ccc(N(C)C)cc2)[NH+](C)C)s1. The molecule has 0 amide bonds. The lowest BCUT2D eigenvalue weighted by atomic mass is 10.1. The van der Waals surface area contributed by atoms with Crippen LogP contribution >= 0.6 is 11.3 Å². The summed E-state index contributed by atoms with van der Waals surface area (Å²) >= 11 is 1.29. The minimum absolute atomic E-state index is 0.0528. The second-order valence-corrected chi connectivity index (χ2v) is 9.61. The molecule has 1 aromatic carbocycles. The van der Waals surface area contributed by atoms with E-state index in [4.69, 9.17) is 0 Å². The second kappa shape index (κ2) is 7.65. The van der Waals surface area contributed by atoms with Crippen molar-refractivity contribution in [2.45, 2.75) is 17.2 Å². The van der Waals surface area contributed by atoms with E-state index in [-0.39, 0.29) is 6.04 Å². The fourth-order valence-electron chi connectivity index (χ4n) is 2.48. The van der Waals surface area contributed by atoms with Crippen molar-refractivity contribution in [3.63, 3.8) is 0 Å². The van der Waals surface area contributed by atoms with E-state index >= 15 is 0 Å². The van der Waals surface area contributed by atoms with Gasteiger partial charge in [-0.3, -0.25) is 0 Å². The van der Waals surface area contributed by atoms with Gasteiger partial charge in [0.25, 0.3) is 0 Å². The molecule has 24 heavy (non-hydrogen) atoms. The van der Waals surface area contributed by atoms with Crippen LogP contribution in [0.2, 0.25) is 0 Å². The van der Waals surface area contributed by atoms with Crippen molar-refractivity contribution in [3.05, 3.63) is 46.8 Å². The number of anilines is 1. The van der Waals surface area contributed by atoms with Gasteiger partial charge in [0.1, 0.15) is 10.3 Å². The molecule has 0 saturated carbocycles. The van der Waals surface area contributed by atoms with Crippen LogP contribution in [0.25, 0.3) is 0 Å². The number of hydrogen-bond donors (Lipinski definition) is 2. The summed E-state index contributed by atoms with van der Waals surface area (Å²) in [5.41, 5.74) is 2.24. The number of quaternary nitrogens is 1. The maximum absolute atomic E-state index is 12.4. The number of rotatable bonds is 7. The van der Waals surface area contributed by atoms with Gasteiger partial charge in [0.15, 0.2) is 0 Å². The average Bonchev–Trinajstić information content (AvgIpc) is 2.95. The summed E-state index contributed by atoms with van der Waals surface area (Å²) in [4.78, 5) is 4.21.